The van der Waals surface area contributed by atoms with Gasteiger partial charge in [-0.05, 0) is 24.5 Å². The van der Waals surface area contributed by atoms with Gasteiger partial charge >= 0.3 is 0 Å². The summed E-state index contributed by atoms with van der Waals surface area (Å²) in [4.78, 5) is 0. The summed E-state index contributed by atoms with van der Waals surface area (Å²) in [5, 5.41) is -0.644. The summed E-state index contributed by atoms with van der Waals surface area (Å²) >= 11 is 0. The summed E-state index contributed by atoms with van der Waals surface area (Å²) in [5.74, 6) is 0. The molecule has 0 amide bonds. The van der Waals surface area contributed by atoms with Crippen molar-refractivity contribution in [3.8, 4) is 0 Å². The molecule has 0 N–H and O–H groups in total. The second-order valence-corrected chi connectivity index (χ2v) is 6.56. The van der Waals surface area contributed by atoms with Crippen molar-refractivity contribution in [3.05, 3.63) is 35.4 Å². The standard InChI is InChI=1S/C11H15ClO2S/c1-3-4-10-5-7-11(8-6-10)9(2)15(12,13)14/h5-9H,3-4H2,1-2H3. The van der Waals surface area contributed by atoms with Gasteiger partial charge in [0, 0.05) is 10.7 Å². The highest BCUT2D eigenvalue weighted by molar-refractivity contribution is 8.13. The summed E-state index contributed by atoms with van der Waals surface area (Å²) in [5.41, 5.74) is 1.96. The Morgan fingerprint density at radius 2 is 1.80 bits per heavy atom. The zero-order valence-corrected chi connectivity index (χ0v) is 10.5. The second kappa shape index (κ2) is 4.99. The molecule has 0 aliphatic rings. The summed E-state index contributed by atoms with van der Waals surface area (Å²) in [6, 6.07) is 7.57. The van der Waals surface area contributed by atoms with E-state index in [-0.39, 0.29) is 0 Å². The normalized spacial score (nSPS) is 13.8. The van der Waals surface area contributed by atoms with Gasteiger partial charge in [0.15, 0.2) is 0 Å². The molecule has 0 spiro atoms. The van der Waals surface area contributed by atoms with E-state index in [0.717, 1.165) is 18.4 Å². The number of hydrogen-bond donors (Lipinski definition) is 0. The van der Waals surface area contributed by atoms with Crippen LogP contribution in [0.2, 0.25) is 0 Å². The molecule has 1 rings (SSSR count). The minimum Gasteiger partial charge on any atom is -0.212 e. The zero-order valence-electron chi connectivity index (χ0n) is 8.90. The Balaban J connectivity index is 2.89. The maximum absolute atomic E-state index is 11.1. The molecule has 0 aliphatic heterocycles. The fourth-order valence-corrected chi connectivity index (χ4v) is 2.20. The van der Waals surface area contributed by atoms with Crippen molar-refractivity contribution in [2.24, 2.45) is 0 Å². The van der Waals surface area contributed by atoms with E-state index >= 15 is 0 Å². The van der Waals surface area contributed by atoms with Gasteiger partial charge in [-0.2, -0.15) is 0 Å². The van der Waals surface area contributed by atoms with Crippen LogP contribution in [0.4, 0.5) is 0 Å². The molecule has 1 aromatic carbocycles. The Bertz CT molecular complexity index is 409. The van der Waals surface area contributed by atoms with Crippen molar-refractivity contribution in [1.29, 1.82) is 0 Å². The SMILES string of the molecule is CCCc1ccc(C(C)S(=O)(=O)Cl)cc1. The predicted octanol–water partition coefficient (Wildman–Crippen LogP) is 3.27. The lowest BCUT2D eigenvalue weighted by Gasteiger charge is -2.08. The van der Waals surface area contributed by atoms with Crippen LogP contribution in [-0.4, -0.2) is 8.42 Å². The third kappa shape index (κ3) is 3.50. The lowest BCUT2D eigenvalue weighted by molar-refractivity contribution is 0.600. The van der Waals surface area contributed by atoms with Crippen molar-refractivity contribution >= 4 is 19.7 Å². The van der Waals surface area contributed by atoms with Crippen LogP contribution in [0.3, 0.4) is 0 Å². The summed E-state index contributed by atoms with van der Waals surface area (Å²) in [6.45, 7) is 3.71. The molecule has 0 aromatic heterocycles. The number of halogens is 1. The van der Waals surface area contributed by atoms with Gasteiger partial charge in [-0.3, -0.25) is 0 Å². The Labute approximate surface area is 95.7 Å². The average molecular weight is 247 g/mol. The topological polar surface area (TPSA) is 34.1 Å². The van der Waals surface area contributed by atoms with Crippen molar-refractivity contribution in [2.75, 3.05) is 0 Å². The smallest absolute Gasteiger partial charge is 0.212 e. The molecule has 1 atom stereocenters. The number of hydrogen-bond acceptors (Lipinski definition) is 2. The van der Waals surface area contributed by atoms with Crippen molar-refractivity contribution in [2.45, 2.75) is 31.9 Å². The molecule has 15 heavy (non-hydrogen) atoms. The Kier molecular flexibility index (Phi) is 4.17. The van der Waals surface area contributed by atoms with Crippen LogP contribution < -0.4 is 0 Å². The van der Waals surface area contributed by atoms with Gasteiger partial charge < -0.3 is 0 Å². The first-order valence-corrected chi connectivity index (χ1v) is 7.34. The Morgan fingerprint density at radius 1 is 1.27 bits per heavy atom. The molecule has 84 valence electrons. The van der Waals surface area contributed by atoms with Gasteiger partial charge in [-0.1, -0.05) is 37.6 Å². The Morgan fingerprint density at radius 3 is 2.20 bits per heavy atom. The van der Waals surface area contributed by atoms with E-state index in [1.54, 1.807) is 6.92 Å². The van der Waals surface area contributed by atoms with Crippen LogP contribution >= 0.6 is 10.7 Å². The van der Waals surface area contributed by atoms with E-state index in [4.69, 9.17) is 10.7 Å². The molecule has 0 fully saturated rings. The van der Waals surface area contributed by atoms with Crippen molar-refractivity contribution in [3.63, 3.8) is 0 Å². The minimum atomic E-state index is -3.51. The maximum Gasteiger partial charge on any atom is 0.239 e. The first-order valence-electron chi connectivity index (χ1n) is 4.97. The maximum atomic E-state index is 11.1. The minimum absolute atomic E-state index is 0.644. The highest BCUT2D eigenvalue weighted by Gasteiger charge is 2.19. The van der Waals surface area contributed by atoms with Crippen molar-refractivity contribution in [1.82, 2.24) is 0 Å². The number of rotatable bonds is 4. The zero-order chi connectivity index (χ0) is 11.5. The van der Waals surface area contributed by atoms with Gasteiger partial charge in [-0.25, -0.2) is 8.42 Å². The van der Waals surface area contributed by atoms with Crippen LogP contribution in [0.25, 0.3) is 0 Å². The largest absolute Gasteiger partial charge is 0.239 e. The molecular weight excluding hydrogens is 232 g/mol. The molecular formula is C11H15ClO2S. The lowest BCUT2D eigenvalue weighted by Crippen LogP contribution is -2.02. The van der Waals surface area contributed by atoms with Gasteiger partial charge in [0.25, 0.3) is 0 Å². The number of benzene rings is 1. The van der Waals surface area contributed by atoms with Crippen LogP contribution in [-0.2, 0) is 15.5 Å². The van der Waals surface area contributed by atoms with E-state index < -0.39 is 14.3 Å². The van der Waals surface area contributed by atoms with Gasteiger partial charge in [0.2, 0.25) is 9.05 Å². The number of aryl methyl sites for hydroxylation is 1. The molecule has 0 bridgehead atoms. The lowest BCUT2D eigenvalue weighted by atomic mass is 10.1. The third-order valence-electron chi connectivity index (χ3n) is 2.41. The summed E-state index contributed by atoms with van der Waals surface area (Å²) in [7, 11) is 1.78. The van der Waals surface area contributed by atoms with E-state index in [2.05, 4.69) is 6.92 Å². The fraction of sp³-hybridized carbons (Fsp3) is 0.455. The quantitative estimate of drug-likeness (QED) is 0.765. The van der Waals surface area contributed by atoms with E-state index in [1.807, 2.05) is 24.3 Å². The molecule has 1 unspecified atom stereocenters. The Hall–Kier alpha value is -0.540. The highest BCUT2D eigenvalue weighted by atomic mass is 35.7. The van der Waals surface area contributed by atoms with E-state index in [0.29, 0.717) is 0 Å². The molecule has 0 heterocycles. The molecule has 2 nitrogen and oxygen atoms in total. The first-order chi connectivity index (χ1) is 6.95. The molecule has 0 aliphatic carbocycles. The fourth-order valence-electron chi connectivity index (χ4n) is 1.41. The first kappa shape index (κ1) is 12.5. The summed E-state index contributed by atoms with van der Waals surface area (Å²) < 4.78 is 22.2. The monoisotopic (exact) mass is 246 g/mol. The predicted molar refractivity (Wildman–Crippen MR) is 63.6 cm³/mol. The molecule has 0 radical (unpaired) electrons. The molecule has 4 heteroatoms. The molecule has 0 saturated carbocycles. The van der Waals surface area contributed by atoms with Crippen LogP contribution in [0, 0.1) is 0 Å². The average Bonchev–Trinajstić information content (AvgIpc) is 2.17. The third-order valence-corrected chi connectivity index (χ3v) is 4.33. The van der Waals surface area contributed by atoms with Gasteiger partial charge in [0.1, 0.15) is 0 Å². The highest BCUT2D eigenvalue weighted by Crippen LogP contribution is 2.25. The summed E-state index contributed by atoms with van der Waals surface area (Å²) in [6.07, 6.45) is 2.10. The van der Waals surface area contributed by atoms with Gasteiger partial charge in [0.05, 0.1) is 5.25 Å². The molecule has 0 saturated heterocycles. The second-order valence-electron chi connectivity index (χ2n) is 3.61. The molecule has 1 aromatic rings. The van der Waals surface area contributed by atoms with E-state index in [9.17, 15) is 8.42 Å². The van der Waals surface area contributed by atoms with Crippen LogP contribution in [0.15, 0.2) is 24.3 Å². The van der Waals surface area contributed by atoms with E-state index in [1.165, 1.54) is 5.56 Å². The van der Waals surface area contributed by atoms with Crippen LogP contribution in [0.1, 0.15) is 36.6 Å². The van der Waals surface area contributed by atoms with Crippen LogP contribution in [0.5, 0.6) is 0 Å². The van der Waals surface area contributed by atoms with Crippen molar-refractivity contribution < 1.29 is 8.42 Å². The van der Waals surface area contributed by atoms with Gasteiger partial charge in [-0.15, -0.1) is 0 Å².